The highest BCUT2D eigenvalue weighted by atomic mass is 35.5. The lowest BCUT2D eigenvalue weighted by Crippen LogP contribution is -2.21. The average molecular weight is 248 g/mol. The van der Waals surface area contributed by atoms with E-state index >= 15 is 0 Å². The van der Waals surface area contributed by atoms with Crippen LogP contribution in [0.5, 0.6) is 0 Å². The van der Waals surface area contributed by atoms with E-state index in [-0.39, 0.29) is 18.4 Å². The van der Waals surface area contributed by atoms with Gasteiger partial charge in [0.15, 0.2) is 0 Å². The first-order chi connectivity index (χ1) is 6.59. The van der Waals surface area contributed by atoms with E-state index in [1.54, 1.807) is 18.2 Å². The maximum atomic E-state index is 5.86. The van der Waals surface area contributed by atoms with Gasteiger partial charge in [-0.25, -0.2) is 0 Å². The topological polar surface area (TPSA) is 103 Å². The molecule has 82 valence electrons. The van der Waals surface area contributed by atoms with Crippen molar-refractivity contribution in [2.24, 2.45) is 21.7 Å². The van der Waals surface area contributed by atoms with Crippen molar-refractivity contribution in [3.05, 3.63) is 28.8 Å². The molecule has 0 atom stereocenters. The SMILES string of the molecule is Cl.NC(N)=N/N=C/c1ccc(N)cc1Cl. The molecule has 0 saturated carbocycles. The Morgan fingerprint density at radius 3 is 2.53 bits per heavy atom. The third-order valence-electron chi connectivity index (χ3n) is 1.39. The minimum Gasteiger partial charge on any atom is -0.399 e. The highest BCUT2D eigenvalue weighted by molar-refractivity contribution is 6.33. The summed E-state index contributed by atoms with van der Waals surface area (Å²) in [6.45, 7) is 0. The van der Waals surface area contributed by atoms with Gasteiger partial charge in [0.05, 0.1) is 11.2 Å². The zero-order valence-corrected chi connectivity index (χ0v) is 9.29. The Morgan fingerprint density at radius 1 is 1.33 bits per heavy atom. The molecule has 1 rings (SSSR count). The quantitative estimate of drug-likeness (QED) is 0.314. The van der Waals surface area contributed by atoms with E-state index in [9.17, 15) is 0 Å². The number of halogens is 2. The third-order valence-corrected chi connectivity index (χ3v) is 1.72. The minimum atomic E-state index is -0.104. The summed E-state index contributed by atoms with van der Waals surface area (Å²) >= 11 is 5.86. The summed E-state index contributed by atoms with van der Waals surface area (Å²) in [5, 5.41) is 7.55. The summed E-state index contributed by atoms with van der Waals surface area (Å²) in [5.41, 5.74) is 17.0. The van der Waals surface area contributed by atoms with Crippen molar-refractivity contribution < 1.29 is 0 Å². The molecule has 0 radical (unpaired) electrons. The predicted octanol–water partition coefficient (Wildman–Crippen LogP) is 0.951. The Kier molecular flexibility index (Phi) is 5.51. The van der Waals surface area contributed by atoms with Crippen molar-refractivity contribution in [3.8, 4) is 0 Å². The van der Waals surface area contributed by atoms with Crippen LogP contribution >= 0.6 is 24.0 Å². The minimum absolute atomic E-state index is 0. The number of rotatable bonds is 2. The van der Waals surface area contributed by atoms with Crippen LogP contribution < -0.4 is 17.2 Å². The monoisotopic (exact) mass is 247 g/mol. The van der Waals surface area contributed by atoms with E-state index in [1.165, 1.54) is 6.21 Å². The van der Waals surface area contributed by atoms with E-state index in [2.05, 4.69) is 10.2 Å². The molecule has 0 fully saturated rings. The molecule has 15 heavy (non-hydrogen) atoms. The number of guanidine groups is 1. The smallest absolute Gasteiger partial charge is 0.211 e. The maximum absolute atomic E-state index is 5.86. The van der Waals surface area contributed by atoms with Gasteiger partial charge in [-0.1, -0.05) is 11.6 Å². The summed E-state index contributed by atoms with van der Waals surface area (Å²) in [6, 6.07) is 5.06. The molecular weight excluding hydrogens is 237 g/mol. The molecule has 1 aromatic carbocycles. The molecular formula is C8H11Cl2N5. The van der Waals surface area contributed by atoms with Gasteiger partial charge in [-0.15, -0.1) is 17.5 Å². The third kappa shape index (κ3) is 4.53. The zero-order valence-electron chi connectivity index (χ0n) is 7.72. The van der Waals surface area contributed by atoms with Crippen LogP contribution in [0.25, 0.3) is 0 Å². The van der Waals surface area contributed by atoms with Crippen molar-refractivity contribution >= 4 is 41.9 Å². The average Bonchev–Trinajstić information content (AvgIpc) is 2.08. The largest absolute Gasteiger partial charge is 0.399 e. The van der Waals surface area contributed by atoms with Crippen LogP contribution in [0.3, 0.4) is 0 Å². The summed E-state index contributed by atoms with van der Waals surface area (Å²) in [4.78, 5) is 0. The number of nitrogens with two attached hydrogens (primary N) is 3. The molecule has 0 aromatic heterocycles. The second-order valence-electron chi connectivity index (χ2n) is 2.55. The first-order valence-electron chi connectivity index (χ1n) is 3.76. The fourth-order valence-corrected chi connectivity index (χ4v) is 1.04. The normalized spacial score (nSPS) is 9.67. The van der Waals surface area contributed by atoms with Gasteiger partial charge < -0.3 is 17.2 Å². The molecule has 1 aromatic rings. The van der Waals surface area contributed by atoms with Crippen LogP contribution in [0.4, 0.5) is 5.69 Å². The molecule has 0 unspecified atom stereocenters. The molecule has 5 nitrogen and oxygen atoms in total. The zero-order chi connectivity index (χ0) is 10.6. The fourth-order valence-electron chi connectivity index (χ4n) is 0.806. The number of anilines is 1. The Labute approximate surface area is 98.4 Å². The van der Waals surface area contributed by atoms with Crippen LogP contribution in [0.15, 0.2) is 28.4 Å². The lowest BCUT2D eigenvalue weighted by atomic mass is 10.2. The van der Waals surface area contributed by atoms with Gasteiger partial charge in [-0.05, 0) is 18.2 Å². The van der Waals surface area contributed by atoms with E-state index in [4.69, 9.17) is 28.8 Å². The van der Waals surface area contributed by atoms with E-state index in [1.807, 2.05) is 0 Å². The highest BCUT2D eigenvalue weighted by Crippen LogP contribution is 2.17. The molecule has 0 aliphatic rings. The molecule has 0 spiro atoms. The highest BCUT2D eigenvalue weighted by Gasteiger charge is 1.96. The predicted molar refractivity (Wildman–Crippen MR) is 66.5 cm³/mol. The number of benzene rings is 1. The van der Waals surface area contributed by atoms with Gasteiger partial charge in [0, 0.05) is 11.3 Å². The summed E-state index contributed by atoms with van der Waals surface area (Å²) in [7, 11) is 0. The summed E-state index contributed by atoms with van der Waals surface area (Å²) < 4.78 is 0. The van der Waals surface area contributed by atoms with Crippen molar-refractivity contribution in [3.63, 3.8) is 0 Å². The van der Waals surface area contributed by atoms with Gasteiger partial charge in [0.25, 0.3) is 0 Å². The van der Waals surface area contributed by atoms with Gasteiger partial charge >= 0.3 is 0 Å². The van der Waals surface area contributed by atoms with Crippen molar-refractivity contribution in [2.45, 2.75) is 0 Å². The van der Waals surface area contributed by atoms with Crippen molar-refractivity contribution in [2.75, 3.05) is 5.73 Å². The number of nitrogens with zero attached hydrogens (tertiary/aromatic N) is 2. The molecule has 6 N–H and O–H groups in total. The van der Waals surface area contributed by atoms with Crippen LogP contribution in [-0.4, -0.2) is 12.2 Å². The van der Waals surface area contributed by atoms with E-state index in [0.29, 0.717) is 16.3 Å². The lowest BCUT2D eigenvalue weighted by Gasteiger charge is -1.97. The maximum Gasteiger partial charge on any atom is 0.211 e. The fraction of sp³-hybridized carbons (Fsp3) is 0. The molecule has 0 bridgehead atoms. The van der Waals surface area contributed by atoms with Crippen molar-refractivity contribution in [1.29, 1.82) is 0 Å². The molecule has 0 amide bonds. The molecule has 0 aliphatic heterocycles. The Morgan fingerprint density at radius 2 is 2.00 bits per heavy atom. The van der Waals surface area contributed by atoms with E-state index < -0.39 is 0 Å². The van der Waals surface area contributed by atoms with Gasteiger partial charge in [0.1, 0.15) is 0 Å². The van der Waals surface area contributed by atoms with Crippen LogP contribution in [0.2, 0.25) is 5.02 Å². The number of nitrogen functional groups attached to an aromatic ring is 1. The Hall–Kier alpha value is -1.46. The molecule has 0 aliphatic carbocycles. The lowest BCUT2D eigenvalue weighted by molar-refractivity contribution is 1.21. The first-order valence-corrected chi connectivity index (χ1v) is 4.14. The van der Waals surface area contributed by atoms with Gasteiger partial charge in [-0.3, -0.25) is 0 Å². The second-order valence-corrected chi connectivity index (χ2v) is 2.96. The standard InChI is InChI=1S/C8H10ClN5.ClH/c9-7-3-6(10)2-1-5(7)4-13-14-8(11)12;/h1-4H,10H2,(H4,11,12,14);1H/b13-4+;. The van der Waals surface area contributed by atoms with Gasteiger partial charge in [0.2, 0.25) is 5.96 Å². The molecule has 7 heteroatoms. The number of hydrogen-bond donors (Lipinski definition) is 3. The van der Waals surface area contributed by atoms with Gasteiger partial charge in [-0.2, -0.15) is 5.10 Å². The second kappa shape index (κ2) is 6.10. The number of hydrogen-bond acceptors (Lipinski definition) is 3. The van der Waals surface area contributed by atoms with Crippen LogP contribution in [-0.2, 0) is 0 Å². The Bertz CT molecular complexity index is 385. The van der Waals surface area contributed by atoms with Crippen LogP contribution in [0.1, 0.15) is 5.56 Å². The van der Waals surface area contributed by atoms with Crippen LogP contribution in [0, 0.1) is 0 Å². The summed E-state index contributed by atoms with van der Waals surface area (Å²) in [5.74, 6) is -0.104. The molecule has 0 heterocycles. The first kappa shape index (κ1) is 13.5. The van der Waals surface area contributed by atoms with Crippen molar-refractivity contribution in [1.82, 2.24) is 0 Å². The summed E-state index contributed by atoms with van der Waals surface area (Å²) in [6.07, 6.45) is 1.45. The molecule has 0 saturated heterocycles. The Balaban J connectivity index is 0.00000196. The van der Waals surface area contributed by atoms with E-state index in [0.717, 1.165) is 0 Å².